The summed E-state index contributed by atoms with van der Waals surface area (Å²) >= 11 is 0. The van der Waals surface area contributed by atoms with Gasteiger partial charge in [0.1, 0.15) is 12.4 Å². The summed E-state index contributed by atoms with van der Waals surface area (Å²) in [4.78, 5) is 26.2. The summed E-state index contributed by atoms with van der Waals surface area (Å²) in [5, 5.41) is 15.7. The molecule has 1 saturated carbocycles. The SMILES string of the molecule is COc1ccc(N[C@@H](c2ccccc2[N+](=O)[O-])[C@@](OCc2ccccc2)(C(=O)OCc2ccccc2)C2CC2)cc1. The molecule has 0 aliphatic heterocycles. The van der Waals surface area contributed by atoms with Crippen molar-refractivity contribution in [1.29, 1.82) is 0 Å². The van der Waals surface area contributed by atoms with Crippen LogP contribution in [0.25, 0.3) is 0 Å². The first kappa shape index (κ1) is 27.9. The average Bonchev–Trinajstić information content (AvgIpc) is 3.87. The Morgan fingerprint density at radius 2 is 1.46 bits per heavy atom. The van der Waals surface area contributed by atoms with Gasteiger partial charge in [0.15, 0.2) is 5.60 Å². The summed E-state index contributed by atoms with van der Waals surface area (Å²) in [6.45, 7) is 0.175. The van der Waals surface area contributed by atoms with E-state index in [2.05, 4.69) is 5.32 Å². The molecule has 5 rings (SSSR count). The van der Waals surface area contributed by atoms with Crippen LogP contribution in [0, 0.1) is 16.0 Å². The first-order chi connectivity index (χ1) is 20.0. The summed E-state index contributed by atoms with van der Waals surface area (Å²) in [5.74, 6) is -0.122. The second kappa shape index (κ2) is 12.7. The number of nitrogens with zero attached hydrogens (tertiary/aromatic N) is 1. The minimum atomic E-state index is -1.56. The number of hydrogen-bond donors (Lipinski definition) is 1. The maximum Gasteiger partial charge on any atom is 0.341 e. The lowest BCUT2D eigenvalue weighted by Crippen LogP contribution is -2.53. The lowest BCUT2D eigenvalue weighted by atomic mass is 9.82. The van der Waals surface area contributed by atoms with Gasteiger partial charge in [-0.1, -0.05) is 72.8 Å². The van der Waals surface area contributed by atoms with Gasteiger partial charge in [0.2, 0.25) is 0 Å². The molecule has 4 aromatic rings. The fraction of sp³-hybridized carbons (Fsp3) is 0.242. The zero-order valence-corrected chi connectivity index (χ0v) is 22.8. The van der Waals surface area contributed by atoms with E-state index in [9.17, 15) is 14.9 Å². The highest BCUT2D eigenvalue weighted by atomic mass is 16.6. The van der Waals surface area contributed by atoms with Gasteiger partial charge in [-0.2, -0.15) is 0 Å². The monoisotopic (exact) mass is 552 g/mol. The molecular weight excluding hydrogens is 520 g/mol. The largest absolute Gasteiger partial charge is 0.497 e. The van der Waals surface area contributed by atoms with Crippen LogP contribution in [-0.4, -0.2) is 23.6 Å². The highest BCUT2D eigenvalue weighted by Gasteiger charge is 2.60. The molecule has 8 heteroatoms. The van der Waals surface area contributed by atoms with Gasteiger partial charge >= 0.3 is 5.97 Å². The number of methoxy groups -OCH3 is 1. The molecule has 0 amide bonds. The van der Waals surface area contributed by atoms with Crippen molar-refractivity contribution >= 4 is 17.3 Å². The van der Waals surface area contributed by atoms with Crippen molar-refractivity contribution in [2.24, 2.45) is 5.92 Å². The first-order valence-corrected chi connectivity index (χ1v) is 13.5. The second-order valence-corrected chi connectivity index (χ2v) is 10.0. The Morgan fingerprint density at radius 1 is 0.878 bits per heavy atom. The lowest BCUT2D eigenvalue weighted by Gasteiger charge is -2.39. The van der Waals surface area contributed by atoms with Gasteiger partial charge in [-0.05, 0) is 54.3 Å². The zero-order chi connectivity index (χ0) is 28.7. The van der Waals surface area contributed by atoms with Crippen LogP contribution in [-0.2, 0) is 27.5 Å². The molecule has 1 N–H and O–H groups in total. The summed E-state index contributed by atoms with van der Waals surface area (Å²) in [6, 6.07) is 31.7. The number of carbonyl (C=O) groups excluding carboxylic acids is 1. The number of anilines is 1. The molecule has 1 aliphatic carbocycles. The van der Waals surface area contributed by atoms with Gasteiger partial charge in [-0.3, -0.25) is 10.1 Å². The van der Waals surface area contributed by atoms with E-state index in [0.717, 1.165) is 24.0 Å². The third-order valence-electron chi connectivity index (χ3n) is 7.31. The van der Waals surface area contributed by atoms with Crippen LogP contribution in [0.3, 0.4) is 0 Å². The second-order valence-electron chi connectivity index (χ2n) is 10.0. The summed E-state index contributed by atoms with van der Waals surface area (Å²) < 4.78 is 17.9. The van der Waals surface area contributed by atoms with E-state index >= 15 is 0 Å². The van der Waals surface area contributed by atoms with Gasteiger partial charge in [-0.25, -0.2) is 4.79 Å². The molecule has 2 atom stereocenters. The van der Waals surface area contributed by atoms with Crippen LogP contribution < -0.4 is 10.1 Å². The molecule has 0 heterocycles. The molecule has 0 bridgehead atoms. The van der Waals surface area contributed by atoms with Crippen LogP contribution in [0.2, 0.25) is 0 Å². The van der Waals surface area contributed by atoms with Crippen LogP contribution in [0.15, 0.2) is 109 Å². The number of nitro benzene ring substituents is 1. The number of rotatable bonds is 13. The van der Waals surface area contributed by atoms with Crippen molar-refractivity contribution in [3.63, 3.8) is 0 Å². The third kappa shape index (κ3) is 6.39. The number of ether oxygens (including phenoxy) is 3. The Balaban J connectivity index is 1.62. The van der Waals surface area contributed by atoms with Crippen molar-refractivity contribution < 1.29 is 23.9 Å². The molecule has 0 aromatic heterocycles. The predicted octanol–water partition coefficient (Wildman–Crippen LogP) is 6.87. The average molecular weight is 553 g/mol. The maximum atomic E-state index is 14.4. The smallest absolute Gasteiger partial charge is 0.341 e. The zero-order valence-electron chi connectivity index (χ0n) is 22.8. The van der Waals surface area contributed by atoms with Crippen molar-refractivity contribution in [1.82, 2.24) is 0 Å². The number of nitrogens with one attached hydrogen (secondary N) is 1. The Bertz CT molecular complexity index is 1460. The normalized spacial score (nSPS) is 14.9. The highest BCUT2D eigenvalue weighted by molar-refractivity contribution is 5.83. The molecule has 0 unspecified atom stereocenters. The van der Waals surface area contributed by atoms with E-state index in [4.69, 9.17) is 14.2 Å². The number of nitro groups is 1. The number of esters is 1. The minimum absolute atomic E-state index is 0.0506. The summed E-state index contributed by atoms with van der Waals surface area (Å²) in [6.07, 6.45) is 1.44. The maximum absolute atomic E-state index is 14.4. The summed E-state index contributed by atoms with van der Waals surface area (Å²) in [7, 11) is 1.58. The molecule has 41 heavy (non-hydrogen) atoms. The van der Waals surface area contributed by atoms with E-state index in [1.165, 1.54) is 6.07 Å². The van der Waals surface area contributed by atoms with Gasteiger partial charge < -0.3 is 19.5 Å². The van der Waals surface area contributed by atoms with Crippen LogP contribution in [0.1, 0.15) is 35.6 Å². The number of para-hydroxylation sites is 1. The molecule has 4 aromatic carbocycles. The quantitative estimate of drug-likeness (QED) is 0.110. The van der Waals surface area contributed by atoms with Crippen molar-refractivity contribution in [3.05, 3.63) is 136 Å². The van der Waals surface area contributed by atoms with E-state index in [1.54, 1.807) is 37.4 Å². The van der Waals surface area contributed by atoms with Crippen LogP contribution in [0.4, 0.5) is 11.4 Å². The minimum Gasteiger partial charge on any atom is -0.497 e. The van der Waals surface area contributed by atoms with Crippen LogP contribution in [0.5, 0.6) is 5.75 Å². The standard InChI is InChI=1S/C33H32N2O6/c1-39-28-20-18-27(19-21-28)34-31(29-14-8-9-15-30(29)35(37)38)33(26-16-17-26,41-23-25-12-6-3-7-13-25)32(36)40-22-24-10-4-2-5-11-24/h2-15,18-21,26,31,34H,16-17,22-23H2,1H3/t31-,33+/m0/s1. The molecule has 1 fully saturated rings. The van der Waals surface area contributed by atoms with Gasteiger partial charge in [-0.15, -0.1) is 0 Å². The van der Waals surface area contributed by atoms with Crippen molar-refractivity contribution in [2.45, 2.75) is 37.7 Å². The lowest BCUT2D eigenvalue weighted by molar-refractivity contribution is -0.386. The number of benzene rings is 4. The molecule has 0 saturated heterocycles. The molecule has 1 aliphatic rings. The molecule has 8 nitrogen and oxygen atoms in total. The van der Waals surface area contributed by atoms with Gasteiger partial charge in [0.05, 0.1) is 30.2 Å². The fourth-order valence-corrected chi connectivity index (χ4v) is 5.07. The van der Waals surface area contributed by atoms with E-state index < -0.39 is 22.5 Å². The Hall–Kier alpha value is -4.69. The fourth-order valence-electron chi connectivity index (χ4n) is 5.07. The number of hydrogen-bond acceptors (Lipinski definition) is 7. The van der Waals surface area contributed by atoms with Crippen molar-refractivity contribution in [3.8, 4) is 5.75 Å². The van der Waals surface area contributed by atoms with Crippen molar-refractivity contribution in [2.75, 3.05) is 12.4 Å². The number of carbonyl (C=O) groups is 1. The molecular formula is C33H32N2O6. The molecule has 0 spiro atoms. The molecule has 210 valence electrons. The Kier molecular flexibility index (Phi) is 8.60. The molecule has 0 radical (unpaired) electrons. The van der Waals surface area contributed by atoms with E-state index in [0.29, 0.717) is 17.0 Å². The Morgan fingerprint density at radius 3 is 2.05 bits per heavy atom. The highest BCUT2D eigenvalue weighted by Crippen LogP contribution is 2.52. The van der Waals surface area contributed by atoms with Gasteiger partial charge in [0, 0.05) is 17.7 Å². The first-order valence-electron chi connectivity index (χ1n) is 13.5. The predicted molar refractivity (Wildman–Crippen MR) is 155 cm³/mol. The summed E-state index contributed by atoms with van der Waals surface area (Å²) in [5.41, 5.74) is 1.03. The van der Waals surface area contributed by atoms with E-state index in [-0.39, 0.29) is 24.8 Å². The topological polar surface area (TPSA) is 99.9 Å². The van der Waals surface area contributed by atoms with E-state index in [1.807, 2.05) is 72.8 Å². The van der Waals surface area contributed by atoms with Gasteiger partial charge in [0.25, 0.3) is 5.69 Å². The third-order valence-corrected chi connectivity index (χ3v) is 7.31. The Labute approximate surface area is 239 Å². The van der Waals surface area contributed by atoms with Crippen LogP contribution >= 0.6 is 0 Å².